The fourth-order valence-corrected chi connectivity index (χ4v) is 3.15. The molecule has 0 aromatic heterocycles. The molecule has 1 amide bonds. The SMILES string of the molecule is O=CN(CCCCCc1ccccc1)CCCCCc1ccccc1. The smallest absolute Gasteiger partial charge is 0.209 e. The summed E-state index contributed by atoms with van der Waals surface area (Å²) >= 11 is 0. The topological polar surface area (TPSA) is 20.3 Å². The first kappa shape index (κ1) is 19.2. The van der Waals surface area contributed by atoms with E-state index in [9.17, 15) is 4.79 Å². The van der Waals surface area contributed by atoms with E-state index in [1.54, 1.807) is 0 Å². The fraction of sp³-hybridized carbons (Fsp3) is 0.435. The minimum absolute atomic E-state index is 0.900. The van der Waals surface area contributed by atoms with Gasteiger partial charge in [-0.05, 0) is 49.7 Å². The van der Waals surface area contributed by atoms with Crippen LogP contribution >= 0.6 is 0 Å². The summed E-state index contributed by atoms with van der Waals surface area (Å²) in [5.41, 5.74) is 2.82. The zero-order valence-corrected chi connectivity index (χ0v) is 15.3. The molecule has 0 heterocycles. The van der Waals surface area contributed by atoms with Crippen LogP contribution in [0.1, 0.15) is 49.7 Å². The summed E-state index contributed by atoms with van der Waals surface area (Å²) in [6.45, 7) is 1.80. The Bertz CT molecular complexity index is 518. The van der Waals surface area contributed by atoms with E-state index in [-0.39, 0.29) is 0 Å². The number of nitrogens with zero attached hydrogens (tertiary/aromatic N) is 1. The van der Waals surface area contributed by atoms with Crippen molar-refractivity contribution in [3.8, 4) is 0 Å². The van der Waals surface area contributed by atoms with Crippen molar-refractivity contribution in [2.24, 2.45) is 0 Å². The van der Waals surface area contributed by atoms with Crippen molar-refractivity contribution in [3.63, 3.8) is 0 Å². The van der Waals surface area contributed by atoms with Crippen LogP contribution < -0.4 is 0 Å². The van der Waals surface area contributed by atoms with E-state index >= 15 is 0 Å². The molecule has 0 radical (unpaired) electrons. The van der Waals surface area contributed by atoms with E-state index in [1.165, 1.54) is 36.8 Å². The second-order valence-corrected chi connectivity index (χ2v) is 6.73. The molecule has 2 rings (SSSR count). The molecular weight excluding hydrogens is 306 g/mol. The maximum atomic E-state index is 11.2. The first-order valence-electron chi connectivity index (χ1n) is 9.65. The van der Waals surface area contributed by atoms with Gasteiger partial charge in [-0.2, -0.15) is 0 Å². The summed E-state index contributed by atoms with van der Waals surface area (Å²) in [6, 6.07) is 21.3. The third kappa shape index (κ3) is 8.53. The summed E-state index contributed by atoms with van der Waals surface area (Å²) < 4.78 is 0. The van der Waals surface area contributed by atoms with Crippen molar-refractivity contribution in [1.29, 1.82) is 0 Å². The highest BCUT2D eigenvalue weighted by atomic mass is 16.1. The standard InChI is InChI=1S/C23H31NO/c25-21-24(19-11-3-9-17-22-13-5-1-6-14-22)20-12-4-10-18-23-15-7-2-8-16-23/h1-2,5-8,13-16,21H,3-4,9-12,17-20H2. The molecule has 0 atom stereocenters. The average Bonchev–Trinajstić information content (AvgIpc) is 2.67. The summed E-state index contributed by atoms with van der Waals surface area (Å²) in [4.78, 5) is 13.2. The maximum Gasteiger partial charge on any atom is 0.209 e. The number of amides is 1. The molecule has 2 heteroatoms. The van der Waals surface area contributed by atoms with E-state index in [4.69, 9.17) is 0 Å². The summed E-state index contributed by atoms with van der Waals surface area (Å²) in [5, 5.41) is 0. The molecule has 0 aliphatic carbocycles. The van der Waals surface area contributed by atoms with Crippen molar-refractivity contribution in [2.45, 2.75) is 51.4 Å². The Morgan fingerprint density at radius 3 is 1.44 bits per heavy atom. The third-order valence-electron chi connectivity index (χ3n) is 4.66. The van der Waals surface area contributed by atoms with Crippen LogP contribution in [0.3, 0.4) is 0 Å². The van der Waals surface area contributed by atoms with Gasteiger partial charge in [0.2, 0.25) is 6.41 Å². The predicted octanol–water partition coefficient (Wildman–Crippen LogP) is 5.27. The first-order chi connectivity index (χ1) is 12.4. The van der Waals surface area contributed by atoms with Gasteiger partial charge in [-0.15, -0.1) is 0 Å². The van der Waals surface area contributed by atoms with Crippen LogP contribution in [0.2, 0.25) is 0 Å². The lowest BCUT2D eigenvalue weighted by Gasteiger charge is -2.17. The molecule has 134 valence electrons. The maximum absolute atomic E-state index is 11.2. The van der Waals surface area contributed by atoms with Crippen molar-refractivity contribution in [1.82, 2.24) is 4.90 Å². The molecule has 0 saturated heterocycles. The highest BCUT2D eigenvalue weighted by Crippen LogP contribution is 2.09. The lowest BCUT2D eigenvalue weighted by Crippen LogP contribution is -2.24. The molecule has 2 aromatic carbocycles. The lowest BCUT2D eigenvalue weighted by molar-refractivity contribution is -0.118. The van der Waals surface area contributed by atoms with Crippen molar-refractivity contribution < 1.29 is 4.79 Å². The summed E-state index contributed by atoms with van der Waals surface area (Å²) in [6.07, 6.45) is 10.3. The van der Waals surface area contributed by atoms with Gasteiger partial charge in [0.25, 0.3) is 0 Å². The van der Waals surface area contributed by atoms with Gasteiger partial charge < -0.3 is 4.90 Å². The fourth-order valence-electron chi connectivity index (χ4n) is 3.15. The second kappa shape index (κ2) is 12.3. The molecule has 0 saturated carbocycles. The van der Waals surface area contributed by atoms with Crippen LogP contribution in [-0.4, -0.2) is 24.4 Å². The minimum atomic E-state index is 0.900. The Morgan fingerprint density at radius 2 is 1.04 bits per heavy atom. The number of carbonyl (C=O) groups is 1. The zero-order chi connectivity index (χ0) is 17.6. The second-order valence-electron chi connectivity index (χ2n) is 6.73. The van der Waals surface area contributed by atoms with Crippen LogP contribution in [0.15, 0.2) is 60.7 Å². The summed E-state index contributed by atoms with van der Waals surface area (Å²) in [5.74, 6) is 0. The normalized spacial score (nSPS) is 10.6. The van der Waals surface area contributed by atoms with Gasteiger partial charge in [-0.25, -0.2) is 0 Å². The molecule has 0 unspecified atom stereocenters. The quantitative estimate of drug-likeness (QED) is 0.360. The van der Waals surface area contributed by atoms with Gasteiger partial charge >= 0.3 is 0 Å². The van der Waals surface area contributed by atoms with Crippen LogP contribution in [0.25, 0.3) is 0 Å². The molecule has 0 spiro atoms. The molecule has 0 aliphatic heterocycles. The van der Waals surface area contributed by atoms with E-state index in [0.717, 1.165) is 45.2 Å². The number of benzene rings is 2. The number of carbonyl (C=O) groups excluding carboxylic acids is 1. The Morgan fingerprint density at radius 1 is 0.600 bits per heavy atom. The minimum Gasteiger partial charge on any atom is -0.345 e. The third-order valence-corrected chi connectivity index (χ3v) is 4.66. The Kier molecular flexibility index (Phi) is 9.46. The first-order valence-corrected chi connectivity index (χ1v) is 9.65. The van der Waals surface area contributed by atoms with Gasteiger partial charge in [0.05, 0.1) is 0 Å². The van der Waals surface area contributed by atoms with Crippen molar-refractivity contribution in [2.75, 3.05) is 13.1 Å². The van der Waals surface area contributed by atoms with Gasteiger partial charge in [0.15, 0.2) is 0 Å². The number of rotatable bonds is 13. The molecule has 0 aliphatic rings. The molecular formula is C23H31NO. The molecule has 25 heavy (non-hydrogen) atoms. The van der Waals surface area contributed by atoms with E-state index in [0.29, 0.717) is 0 Å². The highest BCUT2D eigenvalue weighted by Gasteiger charge is 2.02. The number of unbranched alkanes of at least 4 members (excludes halogenated alkanes) is 4. The molecule has 2 nitrogen and oxygen atoms in total. The van der Waals surface area contributed by atoms with E-state index in [1.807, 2.05) is 4.90 Å². The van der Waals surface area contributed by atoms with Gasteiger partial charge in [-0.1, -0.05) is 73.5 Å². The number of hydrogen-bond acceptors (Lipinski definition) is 1. The van der Waals surface area contributed by atoms with Crippen LogP contribution in [0, 0.1) is 0 Å². The predicted molar refractivity (Wildman–Crippen MR) is 106 cm³/mol. The largest absolute Gasteiger partial charge is 0.345 e. The molecule has 2 aromatic rings. The van der Waals surface area contributed by atoms with Crippen LogP contribution in [0.4, 0.5) is 0 Å². The van der Waals surface area contributed by atoms with E-state index < -0.39 is 0 Å². The summed E-state index contributed by atoms with van der Waals surface area (Å²) in [7, 11) is 0. The van der Waals surface area contributed by atoms with Crippen LogP contribution in [0.5, 0.6) is 0 Å². The molecule has 0 N–H and O–H groups in total. The lowest BCUT2D eigenvalue weighted by atomic mass is 10.1. The van der Waals surface area contributed by atoms with E-state index in [2.05, 4.69) is 60.7 Å². The van der Waals surface area contributed by atoms with Crippen molar-refractivity contribution >= 4 is 6.41 Å². The highest BCUT2D eigenvalue weighted by molar-refractivity contribution is 5.46. The molecule has 0 bridgehead atoms. The average molecular weight is 338 g/mol. The van der Waals surface area contributed by atoms with Crippen LogP contribution in [-0.2, 0) is 17.6 Å². The monoisotopic (exact) mass is 337 g/mol. The molecule has 0 fully saturated rings. The zero-order valence-electron chi connectivity index (χ0n) is 15.3. The Labute approximate surface area is 152 Å². The van der Waals surface area contributed by atoms with Crippen molar-refractivity contribution in [3.05, 3.63) is 71.8 Å². The Hall–Kier alpha value is -2.09. The van der Waals surface area contributed by atoms with Gasteiger partial charge in [0.1, 0.15) is 0 Å². The number of hydrogen-bond donors (Lipinski definition) is 0. The number of aryl methyl sites for hydroxylation is 2. The van der Waals surface area contributed by atoms with Gasteiger partial charge in [0, 0.05) is 13.1 Å². The Balaban J connectivity index is 1.48. The van der Waals surface area contributed by atoms with Gasteiger partial charge in [-0.3, -0.25) is 4.79 Å².